The van der Waals surface area contributed by atoms with Gasteiger partial charge in [-0.1, -0.05) is 13.8 Å². The molecule has 21 heavy (non-hydrogen) atoms. The second-order valence-corrected chi connectivity index (χ2v) is 5.09. The fraction of sp³-hybridized carbons (Fsp3) is 0.643. The van der Waals surface area contributed by atoms with Crippen LogP contribution in [0.5, 0.6) is 5.88 Å². The number of nitrogens with zero attached hydrogens (tertiary/aromatic N) is 3. The summed E-state index contributed by atoms with van der Waals surface area (Å²) in [6.45, 7) is 4.13. The predicted molar refractivity (Wildman–Crippen MR) is 78.1 cm³/mol. The summed E-state index contributed by atoms with van der Waals surface area (Å²) >= 11 is 0. The third kappa shape index (κ3) is 3.34. The molecule has 2 atom stereocenters. The average Bonchev–Trinajstić information content (AvgIpc) is 2.94. The van der Waals surface area contributed by atoms with Crippen molar-refractivity contribution in [3.63, 3.8) is 0 Å². The van der Waals surface area contributed by atoms with Crippen molar-refractivity contribution in [1.29, 1.82) is 0 Å². The van der Waals surface area contributed by atoms with E-state index in [1.54, 1.807) is 27.4 Å². The zero-order valence-corrected chi connectivity index (χ0v) is 13.0. The van der Waals surface area contributed by atoms with Gasteiger partial charge in [-0.05, 0) is 11.1 Å². The highest BCUT2D eigenvalue weighted by atomic mass is 16.5. The number of hydrogen-bond donors (Lipinski definition) is 0. The van der Waals surface area contributed by atoms with E-state index in [0.29, 0.717) is 29.9 Å². The van der Waals surface area contributed by atoms with Crippen molar-refractivity contribution in [2.24, 2.45) is 15.9 Å². The van der Waals surface area contributed by atoms with Crippen molar-refractivity contribution < 1.29 is 18.7 Å². The Morgan fingerprint density at radius 3 is 2.33 bits per heavy atom. The first-order chi connectivity index (χ1) is 10.1. The second kappa shape index (κ2) is 6.60. The molecule has 0 aliphatic carbocycles. The first-order valence-corrected chi connectivity index (χ1v) is 6.82. The third-order valence-electron chi connectivity index (χ3n) is 3.28. The molecule has 1 aliphatic heterocycles. The van der Waals surface area contributed by atoms with Gasteiger partial charge in [-0.2, -0.15) is 0 Å². The van der Waals surface area contributed by atoms with Gasteiger partial charge in [0.15, 0.2) is 0 Å². The van der Waals surface area contributed by atoms with Gasteiger partial charge in [0.1, 0.15) is 17.8 Å². The van der Waals surface area contributed by atoms with Gasteiger partial charge in [0, 0.05) is 12.5 Å². The van der Waals surface area contributed by atoms with E-state index in [-0.39, 0.29) is 18.0 Å². The lowest BCUT2D eigenvalue weighted by Crippen LogP contribution is -2.38. The summed E-state index contributed by atoms with van der Waals surface area (Å²) in [5.74, 6) is 2.56. The Labute approximate surface area is 124 Å². The van der Waals surface area contributed by atoms with E-state index < -0.39 is 0 Å². The van der Waals surface area contributed by atoms with Gasteiger partial charge < -0.3 is 18.7 Å². The van der Waals surface area contributed by atoms with Gasteiger partial charge in [0.2, 0.25) is 11.8 Å². The lowest BCUT2D eigenvalue weighted by molar-refractivity contribution is 0.314. The van der Waals surface area contributed by atoms with E-state index in [1.165, 1.54) is 0 Å². The van der Waals surface area contributed by atoms with Crippen molar-refractivity contribution in [1.82, 2.24) is 5.16 Å². The normalized spacial score (nSPS) is 21.8. The molecule has 7 nitrogen and oxygen atoms in total. The quantitative estimate of drug-likeness (QED) is 0.845. The molecule has 2 rings (SSSR count). The van der Waals surface area contributed by atoms with Crippen LogP contribution in [0, 0.1) is 5.92 Å². The highest BCUT2D eigenvalue weighted by Crippen LogP contribution is 2.21. The first-order valence-electron chi connectivity index (χ1n) is 6.82. The lowest BCUT2D eigenvalue weighted by atomic mass is 10.0. The molecule has 2 heterocycles. The molecule has 0 spiro atoms. The molecular formula is C14H21N3O4. The molecule has 0 unspecified atom stereocenters. The predicted octanol–water partition coefficient (Wildman–Crippen LogP) is 1.72. The van der Waals surface area contributed by atoms with Gasteiger partial charge in [-0.3, -0.25) is 0 Å². The Morgan fingerprint density at radius 2 is 1.81 bits per heavy atom. The second-order valence-electron chi connectivity index (χ2n) is 5.09. The monoisotopic (exact) mass is 295 g/mol. The van der Waals surface area contributed by atoms with E-state index >= 15 is 0 Å². The maximum atomic E-state index is 5.38. The smallest absolute Gasteiger partial charge is 0.254 e. The summed E-state index contributed by atoms with van der Waals surface area (Å²) in [4.78, 5) is 9.20. The fourth-order valence-corrected chi connectivity index (χ4v) is 2.17. The number of methoxy groups -OCH3 is 3. The molecular weight excluding hydrogens is 274 g/mol. The van der Waals surface area contributed by atoms with Crippen molar-refractivity contribution in [2.75, 3.05) is 21.3 Å². The minimum Gasteiger partial charge on any atom is -0.483 e. The lowest BCUT2D eigenvalue weighted by Gasteiger charge is -2.26. The molecule has 0 saturated heterocycles. The van der Waals surface area contributed by atoms with Gasteiger partial charge in [-0.15, -0.1) is 0 Å². The topological polar surface area (TPSA) is 78.4 Å². The Bertz CT molecular complexity index is 536. The summed E-state index contributed by atoms with van der Waals surface area (Å²) in [5.41, 5.74) is 0. The maximum Gasteiger partial charge on any atom is 0.254 e. The SMILES string of the molecule is COC1=N[C@H](Cc2cc(OC)no2)C(OC)=N[C@H]1C(C)C. The summed E-state index contributed by atoms with van der Waals surface area (Å²) in [5, 5.41) is 3.78. The van der Waals surface area contributed by atoms with Gasteiger partial charge in [-0.25, -0.2) is 9.98 Å². The van der Waals surface area contributed by atoms with Crippen LogP contribution in [0.4, 0.5) is 0 Å². The van der Waals surface area contributed by atoms with E-state index in [9.17, 15) is 0 Å². The summed E-state index contributed by atoms with van der Waals surface area (Å²) < 4.78 is 20.9. The molecule has 0 N–H and O–H groups in total. The Kier molecular flexibility index (Phi) is 4.82. The van der Waals surface area contributed by atoms with Gasteiger partial charge in [0.25, 0.3) is 5.88 Å². The fourth-order valence-electron chi connectivity index (χ4n) is 2.17. The van der Waals surface area contributed by atoms with Crippen molar-refractivity contribution in [3.05, 3.63) is 11.8 Å². The molecule has 1 aromatic rings. The van der Waals surface area contributed by atoms with E-state index in [0.717, 1.165) is 0 Å². The number of ether oxygens (including phenoxy) is 3. The molecule has 1 aromatic heterocycles. The van der Waals surface area contributed by atoms with Crippen LogP contribution in [0.2, 0.25) is 0 Å². The largest absolute Gasteiger partial charge is 0.483 e. The van der Waals surface area contributed by atoms with Crippen LogP contribution < -0.4 is 4.74 Å². The van der Waals surface area contributed by atoms with E-state index in [1.807, 2.05) is 0 Å². The number of hydrogen-bond acceptors (Lipinski definition) is 7. The van der Waals surface area contributed by atoms with Crippen LogP contribution in [0.3, 0.4) is 0 Å². The third-order valence-corrected chi connectivity index (χ3v) is 3.28. The van der Waals surface area contributed by atoms with E-state index in [2.05, 4.69) is 29.0 Å². The molecule has 0 radical (unpaired) electrons. The van der Waals surface area contributed by atoms with Gasteiger partial charge in [0.05, 0.1) is 21.3 Å². The van der Waals surface area contributed by atoms with Crippen molar-refractivity contribution >= 4 is 11.8 Å². The number of aromatic nitrogens is 1. The first kappa shape index (κ1) is 15.3. The van der Waals surface area contributed by atoms with Gasteiger partial charge >= 0.3 is 0 Å². The van der Waals surface area contributed by atoms with Crippen molar-refractivity contribution in [2.45, 2.75) is 32.4 Å². The molecule has 0 aromatic carbocycles. The molecule has 0 bridgehead atoms. The standard InChI is InChI=1S/C14H21N3O4/c1-8(2)12-14(20-5)15-10(13(16-12)19-4)6-9-7-11(18-3)17-21-9/h7-8,10,12H,6H2,1-5H3/t10-,12+/m1/s1. The van der Waals surface area contributed by atoms with Crippen LogP contribution in [0.15, 0.2) is 20.6 Å². The van der Waals surface area contributed by atoms with Crippen LogP contribution in [-0.4, -0.2) is 50.4 Å². The minimum atomic E-state index is -0.280. The highest BCUT2D eigenvalue weighted by molar-refractivity contribution is 5.94. The minimum absolute atomic E-state index is 0.120. The molecule has 7 heteroatoms. The zero-order valence-electron chi connectivity index (χ0n) is 13.0. The van der Waals surface area contributed by atoms with Crippen LogP contribution in [-0.2, 0) is 15.9 Å². The summed E-state index contributed by atoms with van der Waals surface area (Å²) in [7, 11) is 4.74. The van der Waals surface area contributed by atoms with E-state index in [4.69, 9.17) is 18.7 Å². The molecule has 116 valence electrons. The molecule has 0 amide bonds. The highest BCUT2D eigenvalue weighted by Gasteiger charge is 2.31. The van der Waals surface area contributed by atoms with Crippen LogP contribution >= 0.6 is 0 Å². The Hall–Kier alpha value is -2.05. The summed E-state index contributed by atoms with van der Waals surface area (Å²) in [6, 6.07) is 1.33. The Balaban J connectivity index is 2.21. The maximum absolute atomic E-state index is 5.38. The molecule has 0 fully saturated rings. The number of rotatable bonds is 4. The summed E-state index contributed by atoms with van der Waals surface area (Å²) in [6.07, 6.45) is 0.487. The zero-order chi connectivity index (χ0) is 15.4. The molecule has 0 saturated carbocycles. The molecule has 1 aliphatic rings. The Morgan fingerprint density at radius 1 is 1.10 bits per heavy atom. The van der Waals surface area contributed by atoms with Crippen molar-refractivity contribution in [3.8, 4) is 5.88 Å². The van der Waals surface area contributed by atoms with Crippen LogP contribution in [0.1, 0.15) is 19.6 Å². The van der Waals surface area contributed by atoms with Crippen LogP contribution in [0.25, 0.3) is 0 Å². The average molecular weight is 295 g/mol. The number of aliphatic imine (C=N–C) groups is 2.